The molecule has 253 valence electrons. The SMILES string of the molecule is C1=C\CC/C=C\CC/1.CCOC(C)=O.COc1cccc(OC)c1-c1ccccc1P(C1CCCCC1)C1CCCCC1.[Cl-].[Ir]. The summed E-state index contributed by atoms with van der Waals surface area (Å²) < 4.78 is 16.0. The van der Waals surface area contributed by atoms with Crippen LogP contribution in [0.1, 0.15) is 104 Å². The van der Waals surface area contributed by atoms with Gasteiger partial charge in [0.05, 0.1) is 26.4 Å². The van der Waals surface area contributed by atoms with E-state index in [1.807, 2.05) is 6.07 Å². The molecule has 0 aromatic heterocycles. The molecule has 4 nitrogen and oxygen atoms in total. The minimum atomic E-state index is -0.211. The van der Waals surface area contributed by atoms with E-state index in [2.05, 4.69) is 65.4 Å². The summed E-state index contributed by atoms with van der Waals surface area (Å²) in [6, 6.07) is 15.3. The van der Waals surface area contributed by atoms with Crippen LogP contribution in [-0.4, -0.2) is 38.1 Å². The van der Waals surface area contributed by atoms with Gasteiger partial charge in [0, 0.05) is 27.0 Å². The van der Waals surface area contributed by atoms with E-state index in [0.717, 1.165) is 28.4 Å². The maximum Gasteiger partial charge on any atom is 0.302 e. The van der Waals surface area contributed by atoms with Gasteiger partial charge in [-0.25, -0.2) is 0 Å². The molecular formula is C38H55ClIrO4P-. The standard InChI is InChI=1S/C26H35O2P.C8H12.C4H8O2.ClH.Ir/c1-27-23-17-11-18-24(28-2)26(23)22-16-9-10-19-25(22)29(20-12-5-3-6-13-20)21-14-7-4-8-15-21;1-2-4-6-8-7-5-3-1;1-3-6-4(2)5;;/h9-11,16-21H,3-8,12-15H2,1-2H3;1-2,7-8H,3-6H2;3H2,1-2H3;1H;/p-1/b;2-1-,8-7-;;;. The number of rotatable bonds is 7. The van der Waals surface area contributed by atoms with Crippen molar-refractivity contribution >= 4 is 19.2 Å². The Morgan fingerprint density at radius 1 is 0.711 bits per heavy atom. The Balaban J connectivity index is 0.000000527. The number of ether oxygens (including phenoxy) is 3. The molecule has 5 rings (SSSR count). The predicted molar refractivity (Wildman–Crippen MR) is 184 cm³/mol. The van der Waals surface area contributed by atoms with Crippen molar-refractivity contribution in [1.82, 2.24) is 0 Å². The van der Waals surface area contributed by atoms with E-state index in [4.69, 9.17) is 9.47 Å². The van der Waals surface area contributed by atoms with Crippen molar-refractivity contribution in [2.75, 3.05) is 20.8 Å². The topological polar surface area (TPSA) is 44.8 Å². The van der Waals surface area contributed by atoms with Crippen LogP contribution in [0.4, 0.5) is 0 Å². The van der Waals surface area contributed by atoms with E-state index in [1.165, 1.54) is 102 Å². The quantitative estimate of drug-likeness (QED) is 0.166. The fourth-order valence-electron chi connectivity index (χ4n) is 6.50. The summed E-state index contributed by atoms with van der Waals surface area (Å²) in [7, 11) is 3.36. The maximum atomic E-state index is 9.82. The van der Waals surface area contributed by atoms with Crippen molar-refractivity contribution in [3.63, 3.8) is 0 Å². The summed E-state index contributed by atoms with van der Waals surface area (Å²) in [6.45, 7) is 3.65. The first-order valence-corrected chi connectivity index (χ1v) is 18.1. The predicted octanol–water partition coefficient (Wildman–Crippen LogP) is 7.39. The number of esters is 1. The Morgan fingerprint density at radius 3 is 1.53 bits per heavy atom. The monoisotopic (exact) mass is 834 g/mol. The van der Waals surface area contributed by atoms with Crippen LogP contribution in [0, 0.1) is 0 Å². The minimum absolute atomic E-state index is 0. The van der Waals surface area contributed by atoms with Crippen molar-refractivity contribution in [3.8, 4) is 22.6 Å². The molecule has 2 aromatic carbocycles. The first-order chi connectivity index (χ1) is 21.1. The van der Waals surface area contributed by atoms with E-state index in [9.17, 15) is 4.79 Å². The fraction of sp³-hybridized carbons (Fsp3) is 0.553. The van der Waals surface area contributed by atoms with Crippen LogP contribution in [0.25, 0.3) is 11.1 Å². The third kappa shape index (κ3) is 13.9. The molecule has 7 heteroatoms. The molecule has 0 N–H and O–H groups in total. The molecule has 45 heavy (non-hydrogen) atoms. The second kappa shape index (κ2) is 24.5. The van der Waals surface area contributed by atoms with Crippen LogP contribution in [-0.2, 0) is 29.6 Å². The van der Waals surface area contributed by atoms with Crippen LogP contribution in [0.15, 0.2) is 66.8 Å². The van der Waals surface area contributed by atoms with E-state index < -0.39 is 0 Å². The number of methoxy groups -OCH3 is 2. The molecule has 2 fully saturated rings. The van der Waals surface area contributed by atoms with Gasteiger partial charge in [-0.3, -0.25) is 4.79 Å². The molecule has 2 saturated carbocycles. The summed E-state index contributed by atoms with van der Waals surface area (Å²) in [5, 5.41) is 1.59. The molecule has 0 heterocycles. The second-order valence-corrected chi connectivity index (χ2v) is 14.3. The van der Waals surface area contributed by atoms with Gasteiger partial charge in [-0.05, 0) is 92.6 Å². The van der Waals surface area contributed by atoms with Crippen LogP contribution >= 0.6 is 7.92 Å². The van der Waals surface area contributed by atoms with Crippen molar-refractivity contribution in [2.45, 2.75) is 115 Å². The summed E-state index contributed by atoms with van der Waals surface area (Å²) in [5.41, 5.74) is 4.23. The zero-order chi connectivity index (χ0) is 30.7. The molecule has 3 aliphatic carbocycles. The molecule has 0 aliphatic heterocycles. The number of carbonyl (C=O) groups excluding carboxylic acids is 1. The van der Waals surface area contributed by atoms with Crippen molar-refractivity contribution in [2.24, 2.45) is 0 Å². The van der Waals surface area contributed by atoms with E-state index in [1.54, 1.807) is 26.4 Å². The fourth-order valence-corrected chi connectivity index (χ4v) is 10.4. The van der Waals surface area contributed by atoms with Gasteiger partial charge in [0.2, 0.25) is 0 Å². The Morgan fingerprint density at radius 2 is 1.16 bits per heavy atom. The van der Waals surface area contributed by atoms with Gasteiger partial charge < -0.3 is 26.6 Å². The summed E-state index contributed by atoms with van der Waals surface area (Å²) in [6.07, 6.45) is 28.2. The summed E-state index contributed by atoms with van der Waals surface area (Å²) in [5.74, 6) is 1.62. The largest absolute Gasteiger partial charge is 1.00 e. The third-order valence-corrected chi connectivity index (χ3v) is 12.0. The molecule has 0 unspecified atom stereocenters. The Kier molecular flexibility index (Phi) is 22.6. The number of allylic oxidation sites excluding steroid dienone is 4. The van der Waals surface area contributed by atoms with E-state index >= 15 is 0 Å². The first kappa shape index (κ1) is 41.4. The molecule has 0 amide bonds. The number of carbonyl (C=O) groups is 1. The van der Waals surface area contributed by atoms with Gasteiger partial charge >= 0.3 is 5.97 Å². The Labute approximate surface area is 294 Å². The molecule has 0 bridgehead atoms. The van der Waals surface area contributed by atoms with Crippen molar-refractivity contribution in [3.05, 3.63) is 66.8 Å². The third-order valence-electron chi connectivity index (χ3n) is 8.50. The minimum Gasteiger partial charge on any atom is -1.00 e. The van der Waals surface area contributed by atoms with Crippen LogP contribution in [0.2, 0.25) is 0 Å². The second-order valence-electron chi connectivity index (χ2n) is 11.6. The van der Waals surface area contributed by atoms with Gasteiger partial charge in [-0.1, -0.05) is 101 Å². The average molecular weight is 834 g/mol. The Hall–Kier alpha value is -1.64. The zero-order valence-electron chi connectivity index (χ0n) is 27.9. The molecule has 1 radical (unpaired) electrons. The number of hydrogen-bond acceptors (Lipinski definition) is 4. The first-order valence-electron chi connectivity index (χ1n) is 16.6. The van der Waals surface area contributed by atoms with Gasteiger partial charge in [-0.15, -0.1) is 0 Å². The molecular weight excluding hydrogens is 779 g/mol. The maximum absolute atomic E-state index is 9.82. The summed E-state index contributed by atoms with van der Waals surface area (Å²) in [4.78, 5) is 9.82. The molecule has 2 aromatic rings. The van der Waals surface area contributed by atoms with Crippen LogP contribution in [0.5, 0.6) is 11.5 Å². The zero-order valence-corrected chi connectivity index (χ0v) is 31.9. The molecule has 0 saturated heterocycles. The van der Waals surface area contributed by atoms with Crippen LogP contribution < -0.4 is 27.2 Å². The van der Waals surface area contributed by atoms with Crippen molar-refractivity contribution < 1.29 is 51.5 Å². The average Bonchev–Trinajstić information content (AvgIpc) is 3.02. The normalized spacial score (nSPS) is 18.1. The van der Waals surface area contributed by atoms with Crippen molar-refractivity contribution in [1.29, 1.82) is 0 Å². The van der Waals surface area contributed by atoms with Gasteiger partial charge in [-0.2, -0.15) is 0 Å². The summed E-state index contributed by atoms with van der Waals surface area (Å²) >= 11 is 0. The molecule has 0 spiro atoms. The smallest absolute Gasteiger partial charge is 0.302 e. The Bertz CT molecular complexity index is 1080. The molecule has 0 atom stereocenters. The number of halogens is 1. The number of benzene rings is 2. The van der Waals surface area contributed by atoms with Gasteiger partial charge in [0.1, 0.15) is 11.5 Å². The van der Waals surface area contributed by atoms with Gasteiger partial charge in [0.15, 0.2) is 0 Å². The van der Waals surface area contributed by atoms with E-state index in [0.29, 0.717) is 6.61 Å². The van der Waals surface area contributed by atoms with Gasteiger partial charge in [0.25, 0.3) is 0 Å². The molecule has 3 aliphatic rings. The van der Waals surface area contributed by atoms with E-state index in [-0.39, 0.29) is 46.4 Å². The number of hydrogen-bond donors (Lipinski definition) is 0. The van der Waals surface area contributed by atoms with Crippen LogP contribution in [0.3, 0.4) is 0 Å².